The molecule has 17 heavy (non-hydrogen) atoms. The number of amides is 1. The van der Waals surface area contributed by atoms with Crippen molar-refractivity contribution in [2.24, 2.45) is 11.3 Å². The molecule has 1 saturated heterocycles. The van der Waals surface area contributed by atoms with Crippen molar-refractivity contribution in [1.29, 1.82) is 0 Å². The summed E-state index contributed by atoms with van der Waals surface area (Å²) >= 11 is 0. The van der Waals surface area contributed by atoms with Crippen LogP contribution in [0.5, 0.6) is 0 Å². The largest absolute Gasteiger partial charge is 0.481 e. The molecule has 5 nitrogen and oxygen atoms in total. The van der Waals surface area contributed by atoms with Crippen molar-refractivity contribution < 1.29 is 14.7 Å². The monoisotopic (exact) mass is 242 g/mol. The molecule has 0 aromatic heterocycles. The molecule has 1 rings (SSSR count). The fourth-order valence-electron chi connectivity index (χ4n) is 1.79. The van der Waals surface area contributed by atoms with E-state index in [2.05, 4.69) is 10.2 Å². The summed E-state index contributed by atoms with van der Waals surface area (Å²) in [5.74, 6) is -0.897. The molecule has 0 unspecified atom stereocenters. The first-order valence-corrected chi connectivity index (χ1v) is 6.04. The maximum atomic E-state index is 11.6. The van der Waals surface area contributed by atoms with E-state index in [9.17, 15) is 9.59 Å². The van der Waals surface area contributed by atoms with Gasteiger partial charge in [-0.2, -0.15) is 0 Å². The van der Waals surface area contributed by atoms with Gasteiger partial charge in [0.25, 0.3) is 0 Å². The Kier molecular flexibility index (Phi) is 4.51. The van der Waals surface area contributed by atoms with E-state index in [1.807, 2.05) is 20.8 Å². The Morgan fingerprint density at radius 2 is 1.82 bits per heavy atom. The minimum atomic E-state index is -0.705. The van der Waals surface area contributed by atoms with Crippen LogP contribution >= 0.6 is 0 Å². The van der Waals surface area contributed by atoms with E-state index in [1.54, 1.807) is 0 Å². The zero-order valence-corrected chi connectivity index (χ0v) is 10.8. The average molecular weight is 242 g/mol. The van der Waals surface area contributed by atoms with Crippen molar-refractivity contribution in [2.45, 2.75) is 33.6 Å². The number of carbonyl (C=O) groups excluding carboxylic acids is 1. The number of likely N-dealkylation sites (tertiary alicyclic amines) is 1. The second kappa shape index (κ2) is 5.49. The molecule has 1 aliphatic heterocycles. The predicted octanol–water partition coefficient (Wildman–Crippen LogP) is 0.903. The van der Waals surface area contributed by atoms with Crippen LogP contribution in [0.1, 0.15) is 33.6 Å². The molecule has 1 amide bonds. The standard InChI is InChI=1S/C12H22N2O3/c1-12(2,3)11(17)13-8-14-6-4-9(5-7-14)10(15)16/h9H,4-8H2,1-3H3,(H,13,17)(H,15,16). The van der Waals surface area contributed by atoms with Gasteiger partial charge in [0.15, 0.2) is 0 Å². The van der Waals surface area contributed by atoms with Crippen LogP contribution in [-0.2, 0) is 9.59 Å². The SMILES string of the molecule is CC(C)(C)C(=O)NCN1CCC(C(=O)O)CC1. The normalized spacial score (nSPS) is 19.0. The van der Waals surface area contributed by atoms with Crippen molar-refractivity contribution in [1.82, 2.24) is 10.2 Å². The fraction of sp³-hybridized carbons (Fsp3) is 0.833. The Morgan fingerprint density at radius 1 is 1.29 bits per heavy atom. The highest BCUT2D eigenvalue weighted by Crippen LogP contribution is 2.17. The van der Waals surface area contributed by atoms with Gasteiger partial charge in [-0.1, -0.05) is 20.8 Å². The third-order valence-electron chi connectivity index (χ3n) is 3.08. The Balaban J connectivity index is 2.28. The number of aliphatic carboxylic acids is 1. The number of carbonyl (C=O) groups is 2. The van der Waals surface area contributed by atoms with Crippen molar-refractivity contribution in [3.8, 4) is 0 Å². The van der Waals surface area contributed by atoms with E-state index >= 15 is 0 Å². The molecule has 0 atom stereocenters. The third-order valence-corrected chi connectivity index (χ3v) is 3.08. The number of piperidine rings is 1. The van der Waals surface area contributed by atoms with Crippen molar-refractivity contribution in [3.63, 3.8) is 0 Å². The molecule has 0 aromatic rings. The average Bonchev–Trinajstić information content (AvgIpc) is 2.25. The van der Waals surface area contributed by atoms with Gasteiger partial charge in [-0.15, -0.1) is 0 Å². The van der Waals surface area contributed by atoms with Crippen molar-refractivity contribution in [3.05, 3.63) is 0 Å². The molecular formula is C12H22N2O3. The summed E-state index contributed by atoms with van der Waals surface area (Å²) in [5, 5.41) is 11.7. The van der Waals surface area contributed by atoms with Crippen LogP contribution < -0.4 is 5.32 Å². The van der Waals surface area contributed by atoms with Crippen LogP contribution in [0, 0.1) is 11.3 Å². The second-order valence-corrected chi connectivity index (χ2v) is 5.64. The minimum absolute atomic E-state index is 0.0258. The van der Waals surface area contributed by atoms with E-state index in [1.165, 1.54) is 0 Å². The molecule has 2 N–H and O–H groups in total. The number of hydrogen-bond acceptors (Lipinski definition) is 3. The number of nitrogens with one attached hydrogen (secondary N) is 1. The zero-order chi connectivity index (χ0) is 13.1. The molecule has 0 aliphatic carbocycles. The first kappa shape index (κ1) is 14.0. The molecular weight excluding hydrogens is 220 g/mol. The molecule has 1 heterocycles. The molecule has 98 valence electrons. The van der Waals surface area contributed by atoms with Gasteiger partial charge in [0.05, 0.1) is 12.6 Å². The molecule has 5 heteroatoms. The summed E-state index contributed by atoms with van der Waals surface area (Å²) in [4.78, 5) is 24.5. The van der Waals surface area contributed by atoms with Gasteiger partial charge < -0.3 is 10.4 Å². The lowest BCUT2D eigenvalue weighted by atomic mass is 9.95. The number of rotatable bonds is 3. The summed E-state index contributed by atoms with van der Waals surface area (Å²) in [6, 6.07) is 0. The summed E-state index contributed by atoms with van der Waals surface area (Å²) in [6.07, 6.45) is 1.33. The highest BCUT2D eigenvalue weighted by Gasteiger charge is 2.26. The molecule has 0 radical (unpaired) electrons. The van der Waals surface area contributed by atoms with Crippen molar-refractivity contribution >= 4 is 11.9 Å². The maximum absolute atomic E-state index is 11.6. The third kappa shape index (κ3) is 4.34. The molecule has 1 aliphatic rings. The first-order chi connectivity index (χ1) is 7.80. The number of hydrogen-bond donors (Lipinski definition) is 2. The van der Waals surface area contributed by atoms with E-state index in [-0.39, 0.29) is 17.2 Å². The minimum Gasteiger partial charge on any atom is -0.481 e. The van der Waals surface area contributed by atoms with E-state index in [0.717, 1.165) is 13.1 Å². The van der Waals surface area contributed by atoms with Crippen LogP contribution in [0.2, 0.25) is 0 Å². The lowest BCUT2D eigenvalue weighted by Gasteiger charge is -2.31. The Hall–Kier alpha value is -1.10. The predicted molar refractivity (Wildman–Crippen MR) is 64.4 cm³/mol. The second-order valence-electron chi connectivity index (χ2n) is 5.64. The van der Waals surface area contributed by atoms with Crippen LogP contribution in [0.3, 0.4) is 0 Å². The molecule has 0 aromatic carbocycles. The summed E-state index contributed by atoms with van der Waals surface area (Å²) in [6.45, 7) is 7.61. The summed E-state index contributed by atoms with van der Waals surface area (Å²) < 4.78 is 0. The lowest BCUT2D eigenvalue weighted by Crippen LogP contribution is -2.45. The van der Waals surface area contributed by atoms with Gasteiger partial charge in [-0.25, -0.2) is 0 Å². The maximum Gasteiger partial charge on any atom is 0.306 e. The highest BCUT2D eigenvalue weighted by atomic mass is 16.4. The number of carboxylic acids is 1. The van der Waals surface area contributed by atoms with Crippen LogP contribution in [0.15, 0.2) is 0 Å². The number of carboxylic acid groups (broad SMARTS) is 1. The highest BCUT2D eigenvalue weighted by molar-refractivity contribution is 5.81. The van der Waals surface area contributed by atoms with Crippen LogP contribution in [-0.4, -0.2) is 41.6 Å². The number of nitrogens with zero attached hydrogens (tertiary/aromatic N) is 1. The van der Waals surface area contributed by atoms with Gasteiger partial charge in [-0.05, 0) is 12.8 Å². The van der Waals surface area contributed by atoms with E-state index in [4.69, 9.17) is 5.11 Å². The fourth-order valence-corrected chi connectivity index (χ4v) is 1.79. The van der Waals surface area contributed by atoms with E-state index in [0.29, 0.717) is 19.5 Å². The van der Waals surface area contributed by atoms with Gasteiger partial charge in [0, 0.05) is 18.5 Å². The van der Waals surface area contributed by atoms with Gasteiger partial charge >= 0.3 is 5.97 Å². The smallest absolute Gasteiger partial charge is 0.306 e. The summed E-state index contributed by atoms with van der Waals surface area (Å²) in [7, 11) is 0. The lowest BCUT2D eigenvalue weighted by molar-refractivity contribution is -0.143. The summed E-state index contributed by atoms with van der Waals surface area (Å²) in [5.41, 5.74) is -0.376. The van der Waals surface area contributed by atoms with E-state index < -0.39 is 5.97 Å². The molecule has 1 fully saturated rings. The topological polar surface area (TPSA) is 69.6 Å². The molecule has 0 saturated carbocycles. The van der Waals surface area contributed by atoms with Crippen molar-refractivity contribution in [2.75, 3.05) is 19.8 Å². The molecule has 0 spiro atoms. The Morgan fingerprint density at radius 3 is 2.24 bits per heavy atom. The van der Waals surface area contributed by atoms with Crippen LogP contribution in [0.25, 0.3) is 0 Å². The van der Waals surface area contributed by atoms with Gasteiger partial charge in [0.2, 0.25) is 5.91 Å². The first-order valence-electron chi connectivity index (χ1n) is 6.04. The zero-order valence-electron chi connectivity index (χ0n) is 10.8. The van der Waals surface area contributed by atoms with Gasteiger partial charge in [-0.3, -0.25) is 14.5 Å². The quantitative estimate of drug-likeness (QED) is 0.771. The molecule has 0 bridgehead atoms. The Labute approximate surface area is 102 Å². The Bertz CT molecular complexity index is 289. The van der Waals surface area contributed by atoms with Crippen LogP contribution in [0.4, 0.5) is 0 Å². The van der Waals surface area contributed by atoms with Gasteiger partial charge in [0.1, 0.15) is 0 Å².